The molecule has 234 valence electrons. The first kappa shape index (κ1) is 32.1. The molecule has 11 heteroatoms. The molecule has 2 aromatic carbocycles. The van der Waals surface area contributed by atoms with Gasteiger partial charge in [-0.1, -0.05) is 55.2 Å². The molecule has 1 amide bonds. The molecule has 0 atom stereocenters. The molecule has 1 aromatic heterocycles. The molecule has 3 aromatic rings. The van der Waals surface area contributed by atoms with E-state index in [4.69, 9.17) is 21.7 Å². The Hall–Kier alpha value is -4.27. The smallest absolute Gasteiger partial charge is 0.270 e. The molecule has 2 aliphatic heterocycles. The van der Waals surface area contributed by atoms with Gasteiger partial charge in [0.05, 0.1) is 19.1 Å². The lowest BCUT2D eigenvalue weighted by Gasteiger charge is -2.39. The second-order valence-electron chi connectivity index (χ2n) is 10.9. The summed E-state index contributed by atoms with van der Waals surface area (Å²) in [4.78, 5) is 34.0. The van der Waals surface area contributed by atoms with Crippen LogP contribution in [0.4, 0.5) is 11.5 Å². The number of pyridine rings is 1. The second-order valence-corrected chi connectivity index (χ2v) is 12.6. The quantitative estimate of drug-likeness (QED) is 0.218. The lowest BCUT2D eigenvalue weighted by atomic mass is 10.0. The van der Waals surface area contributed by atoms with Gasteiger partial charge in [0.2, 0.25) is 0 Å². The SMILES string of the molecule is CCCn1c(N2CCN(c3ccccc3)CC2)c(/C=C2\SC(=S)N(CCc3ccc(OC)c(OC)c3)C2=O)c(C)c(C#N)c1=O. The summed E-state index contributed by atoms with van der Waals surface area (Å²) < 4.78 is 13.0. The van der Waals surface area contributed by atoms with Crippen LogP contribution in [0, 0.1) is 18.3 Å². The molecule has 0 N–H and O–H groups in total. The minimum absolute atomic E-state index is 0.102. The van der Waals surface area contributed by atoms with Crippen LogP contribution in [-0.4, -0.2) is 66.6 Å². The number of anilines is 2. The van der Waals surface area contributed by atoms with Crippen molar-refractivity contribution in [3.05, 3.63) is 86.0 Å². The lowest BCUT2D eigenvalue weighted by Crippen LogP contribution is -2.48. The van der Waals surface area contributed by atoms with Crippen molar-refractivity contribution in [1.82, 2.24) is 9.47 Å². The van der Waals surface area contributed by atoms with Crippen LogP contribution >= 0.6 is 24.0 Å². The highest BCUT2D eigenvalue weighted by Crippen LogP contribution is 2.37. The fourth-order valence-corrected chi connectivity index (χ4v) is 7.12. The van der Waals surface area contributed by atoms with E-state index in [1.54, 1.807) is 30.6 Å². The van der Waals surface area contributed by atoms with Crippen LogP contribution in [-0.2, 0) is 17.8 Å². The van der Waals surface area contributed by atoms with Gasteiger partial charge in [0.1, 0.15) is 21.8 Å². The molecule has 3 heterocycles. The normalized spacial score (nSPS) is 16.0. The Balaban J connectivity index is 1.46. The van der Waals surface area contributed by atoms with Crippen molar-refractivity contribution in [3.8, 4) is 17.6 Å². The van der Waals surface area contributed by atoms with E-state index in [0.29, 0.717) is 64.5 Å². The van der Waals surface area contributed by atoms with E-state index in [1.807, 2.05) is 49.4 Å². The average Bonchev–Trinajstić information content (AvgIpc) is 3.33. The number of rotatable bonds is 10. The molecule has 0 bridgehead atoms. The van der Waals surface area contributed by atoms with E-state index in [0.717, 1.165) is 36.6 Å². The number of nitrogens with zero attached hydrogens (tertiary/aromatic N) is 5. The molecular formula is C34H37N5O4S2. The van der Waals surface area contributed by atoms with Crippen LogP contribution in [0.5, 0.6) is 11.5 Å². The zero-order valence-electron chi connectivity index (χ0n) is 26.0. The van der Waals surface area contributed by atoms with Crippen LogP contribution < -0.4 is 24.8 Å². The number of hydrogen-bond donors (Lipinski definition) is 0. The molecule has 2 fully saturated rings. The number of hydrogen-bond acceptors (Lipinski definition) is 9. The molecular weight excluding hydrogens is 607 g/mol. The third-order valence-electron chi connectivity index (χ3n) is 8.22. The maximum atomic E-state index is 13.7. The summed E-state index contributed by atoms with van der Waals surface area (Å²) >= 11 is 6.91. The summed E-state index contributed by atoms with van der Waals surface area (Å²) in [7, 11) is 3.19. The average molecular weight is 644 g/mol. The Morgan fingerprint density at radius 3 is 2.31 bits per heavy atom. The van der Waals surface area contributed by atoms with Gasteiger partial charge in [0, 0.05) is 50.5 Å². The van der Waals surface area contributed by atoms with Gasteiger partial charge in [-0.3, -0.25) is 19.1 Å². The highest BCUT2D eigenvalue weighted by Gasteiger charge is 2.33. The Kier molecular flexibility index (Phi) is 10.2. The van der Waals surface area contributed by atoms with E-state index in [-0.39, 0.29) is 17.0 Å². The van der Waals surface area contributed by atoms with Crippen LogP contribution in [0.15, 0.2) is 58.2 Å². The first-order valence-electron chi connectivity index (χ1n) is 15.0. The minimum Gasteiger partial charge on any atom is -0.493 e. The monoisotopic (exact) mass is 643 g/mol. The van der Waals surface area contributed by atoms with Crippen molar-refractivity contribution in [1.29, 1.82) is 5.26 Å². The van der Waals surface area contributed by atoms with E-state index in [9.17, 15) is 14.9 Å². The molecule has 0 saturated carbocycles. The molecule has 5 rings (SSSR count). The summed E-state index contributed by atoms with van der Waals surface area (Å²) in [6, 6.07) is 18.1. The fraction of sp³-hybridized carbons (Fsp3) is 0.353. The number of ether oxygens (including phenoxy) is 2. The zero-order chi connectivity index (χ0) is 32.1. The molecule has 0 unspecified atom stereocenters. The number of piperazine rings is 1. The number of methoxy groups -OCH3 is 2. The third-order valence-corrected chi connectivity index (χ3v) is 9.59. The Morgan fingerprint density at radius 1 is 0.978 bits per heavy atom. The van der Waals surface area contributed by atoms with Crippen LogP contribution in [0.2, 0.25) is 0 Å². The van der Waals surface area contributed by atoms with Crippen molar-refractivity contribution >= 4 is 51.8 Å². The third kappa shape index (κ3) is 6.58. The van der Waals surface area contributed by atoms with Crippen LogP contribution in [0.1, 0.15) is 35.6 Å². The van der Waals surface area contributed by atoms with Crippen molar-refractivity contribution in [2.24, 2.45) is 0 Å². The molecule has 0 spiro atoms. The largest absolute Gasteiger partial charge is 0.493 e. The highest BCUT2D eigenvalue weighted by atomic mass is 32.2. The summed E-state index contributed by atoms with van der Waals surface area (Å²) in [5.74, 6) is 1.84. The number of benzene rings is 2. The summed E-state index contributed by atoms with van der Waals surface area (Å²) in [5, 5.41) is 10.0. The number of carbonyl (C=O) groups is 1. The molecule has 9 nitrogen and oxygen atoms in total. The topological polar surface area (TPSA) is 91.0 Å². The Morgan fingerprint density at radius 2 is 1.67 bits per heavy atom. The Bertz CT molecular complexity index is 1720. The minimum atomic E-state index is -0.294. The highest BCUT2D eigenvalue weighted by molar-refractivity contribution is 8.26. The van der Waals surface area contributed by atoms with Crippen molar-refractivity contribution < 1.29 is 14.3 Å². The summed E-state index contributed by atoms with van der Waals surface area (Å²) in [6.45, 7) is 7.62. The zero-order valence-corrected chi connectivity index (χ0v) is 27.7. The van der Waals surface area contributed by atoms with E-state index < -0.39 is 0 Å². The summed E-state index contributed by atoms with van der Waals surface area (Å²) in [5.41, 5.74) is 3.25. The molecule has 2 saturated heterocycles. The van der Waals surface area contributed by atoms with Gasteiger partial charge < -0.3 is 19.3 Å². The molecule has 0 radical (unpaired) electrons. The summed E-state index contributed by atoms with van der Waals surface area (Å²) in [6.07, 6.45) is 3.13. The number of nitriles is 1. The number of aromatic nitrogens is 1. The second kappa shape index (κ2) is 14.2. The number of thiocarbonyl (C=S) groups is 1. The van der Waals surface area contributed by atoms with Crippen LogP contribution in [0.3, 0.4) is 0 Å². The van der Waals surface area contributed by atoms with E-state index >= 15 is 0 Å². The van der Waals surface area contributed by atoms with Crippen molar-refractivity contribution in [2.75, 3.05) is 56.7 Å². The van der Waals surface area contributed by atoms with Gasteiger partial charge in [0.15, 0.2) is 11.5 Å². The van der Waals surface area contributed by atoms with Gasteiger partial charge in [0.25, 0.3) is 11.5 Å². The maximum absolute atomic E-state index is 13.7. The van der Waals surface area contributed by atoms with E-state index in [1.165, 1.54) is 11.8 Å². The Labute approximate surface area is 273 Å². The maximum Gasteiger partial charge on any atom is 0.270 e. The molecule has 0 aliphatic carbocycles. The van der Waals surface area contributed by atoms with Crippen molar-refractivity contribution in [3.63, 3.8) is 0 Å². The standard InChI is InChI=1S/C34H37N5O4S2/c1-5-14-38-31(37-18-16-36(17-19-37)25-9-7-6-8-10-25)26(23(2)27(22-35)32(38)40)21-30-33(41)39(34(44)45-30)15-13-24-11-12-28(42-3)29(20-24)43-4/h6-12,20-21H,5,13-19H2,1-4H3/b30-21-. The fourth-order valence-electron chi connectivity index (χ4n) is 5.83. The molecule has 45 heavy (non-hydrogen) atoms. The van der Waals surface area contributed by atoms with Crippen molar-refractivity contribution in [2.45, 2.75) is 33.2 Å². The van der Waals surface area contributed by atoms with E-state index in [2.05, 4.69) is 28.0 Å². The van der Waals surface area contributed by atoms with Gasteiger partial charge in [-0.25, -0.2) is 0 Å². The van der Waals surface area contributed by atoms with Gasteiger partial charge >= 0.3 is 0 Å². The molecule has 2 aliphatic rings. The van der Waals surface area contributed by atoms with Gasteiger partial charge in [-0.15, -0.1) is 0 Å². The first-order valence-corrected chi connectivity index (χ1v) is 16.2. The van der Waals surface area contributed by atoms with Gasteiger partial charge in [-0.2, -0.15) is 5.26 Å². The predicted molar refractivity (Wildman–Crippen MR) is 184 cm³/mol. The number of para-hydroxylation sites is 1. The lowest BCUT2D eigenvalue weighted by molar-refractivity contribution is -0.122. The number of carbonyl (C=O) groups excluding carboxylic acids is 1. The van der Waals surface area contributed by atoms with Crippen LogP contribution in [0.25, 0.3) is 6.08 Å². The van der Waals surface area contributed by atoms with Gasteiger partial charge in [-0.05, 0) is 61.2 Å². The number of amides is 1. The predicted octanol–water partition coefficient (Wildman–Crippen LogP) is 5.23. The first-order chi connectivity index (χ1) is 21.8. The number of thioether (sulfide) groups is 1.